The van der Waals surface area contributed by atoms with Gasteiger partial charge in [0, 0.05) is 16.7 Å². The van der Waals surface area contributed by atoms with Crippen LogP contribution >= 0.6 is 23.4 Å². The third-order valence-electron chi connectivity index (χ3n) is 2.78. The van der Waals surface area contributed by atoms with E-state index in [1.165, 1.54) is 17.8 Å². The molecule has 0 unspecified atom stereocenters. The first-order valence-corrected chi connectivity index (χ1v) is 7.22. The van der Waals surface area contributed by atoms with E-state index in [9.17, 15) is 10.1 Å². The summed E-state index contributed by atoms with van der Waals surface area (Å²) in [6.07, 6.45) is 0. The number of hydrogen-bond donors (Lipinski definition) is 1. The Morgan fingerprint density at radius 2 is 1.90 bits per heavy atom. The molecule has 0 atom stereocenters. The molecule has 0 aromatic heterocycles. The summed E-state index contributed by atoms with van der Waals surface area (Å²) in [6.45, 7) is 0.000924. The summed E-state index contributed by atoms with van der Waals surface area (Å²) < 4.78 is 0. The van der Waals surface area contributed by atoms with Crippen LogP contribution in [0.5, 0.6) is 0 Å². The fourth-order valence-corrected chi connectivity index (χ4v) is 2.97. The molecule has 2 rings (SSSR count). The van der Waals surface area contributed by atoms with Crippen molar-refractivity contribution in [1.29, 1.82) is 0 Å². The highest BCUT2D eigenvalue weighted by molar-refractivity contribution is 7.98. The van der Waals surface area contributed by atoms with E-state index in [4.69, 9.17) is 16.7 Å². The maximum Gasteiger partial charge on any atom is 0.274 e. The zero-order chi connectivity index (χ0) is 14.5. The first kappa shape index (κ1) is 14.8. The second kappa shape index (κ2) is 6.74. The number of nitro benzene ring substituents is 1. The molecule has 0 bridgehead atoms. The number of aliphatic hydroxyl groups excluding tert-OH is 1. The van der Waals surface area contributed by atoms with E-state index in [2.05, 4.69) is 0 Å². The molecule has 0 aliphatic carbocycles. The van der Waals surface area contributed by atoms with Crippen molar-refractivity contribution >= 4 is 29.1 Å². The van der Waals surface area contributed by atoms with Crippen molar-refractivity contribution in [1.82, 2.24) is 0 Å². The van der Waals surface area contributed by atoms with Crippen LogP contribution in [-0.2, 0) is 12.4 Å². The quantitative estimate of drug-likeness (QED) is 0.514. The minimum absolute atomic E-state index is 0.000924. The number of halogens is 1. The van der Waals surface area contributed by atoms with Crippen LogP contribution in [-0.4, -0.2) is 10.0 Å². The van der Waals surface area contributed by atoms with Crippen molar-refractivity contribution in [3.05, 3.63) is 68.7 Å². The Labute approximate surface area is 125 Å². The van der Waals surface area contributed by atoms with Crippen LogP contribution in [0.4, 0.5) is 5.69 Å². The molecule has 0 spiro atoms. The lowest BCUT2D eigenvalue weighted by Crippen LogP contribution is -1.95. The summed E-state index contributed by atoms with van der Waals surface area (Å²) in [7, 11) is 0. The van der Waals surface area contributed by atoms with Crippen molar-refractivity contribution in [3.63, 3.8) is 0 Å². The number of thioether (sulfide) groups is 1. The van der Waals surface area contributed by atoms with Gasteiger partial charge < -0.3 is 5.11 Å². The Morgan fingerprint density at radius 3 is 2.50 bits per heavy atom. The lowest BCUT2D eigenvalue weighted by atomic mass is 10.2. The highest BCUT2D eigenvalue weighted by atomic mass is 35.5. The average molecular weight is 310 g/mol. The Bertz CT molecular complexity index is 616. The predicted octanol–water partition coefficient (Wildman–Crippen LogP) is 4.03. The molecular weight excluding hydrogens is 298 g/mol. The number of rotatable bonds is 5. The van der Waals surface area contributed by atoms with Crippen LogP contribution in [0.3, 0.4) is 0 Å². The highest BCUT2D eigenvalue weighted by Crippen LogP contribution is 2.32. The normalized spacial score (nSPS) is 10.5. The van der Waals surface area contributed by atoms with Gasteiger partial charge in [-0.2, -0.15) is 0 Å². The zero-order valence-electron chi connectivity index (χ0n) is 10.5. The first-order valence-electron chi connectivity index (χ1n) is 5.86. The number of benzene rings is 2. The van der Waals surface area contributed by atoms with E-state index in [1.807, 2.05) is 24.3 Å². The van der Waals surface area contributed by atoms with Crippen LogP contribution in [0.1, 0.15) is 11.1 Å². The van der Waals surface area contributed by atoms with Crippen LogP contribution < -0.4 is 0 Å². The second-order valence-electron chi connectivity index (χ2n) is 4.09. The van der Waals surface area contributed by atoms with E-state index in [1.54, 1.807) is 12.1 Å². The molecule has 0 amide bonds. The molecule has 2 aromatic carbocycles. The van der Waals surface area contributed by atoms with Crippen molar-refractivity contribution in [2.75, 3.05) is 0 Å². The molecule has 0 aliphatic heterocycles. The summed E-state index contributed by atoms with van der Waals surface area (Å²) >= 11 is 7.50. The van der Waals surface area contributed by atoms with Crippen molar-refractivity contribution in [2.24, 2.45) is 0 Å². The minimum atomic E-state index is -0.420. The molecular formula is C14H12ClNO3S. The minimum Gasteiger partial charge on any atom is -0.392 e. The maximum atomic E-state index is 11.0. The van der Waals surface area contributed by atoms with E-state index in [0.29, 0.717) is 16.3 Å². The monoisotopic (exact) mass is 309 g/mol. The number of nitro groups is 1. The molecule has 0 saturated carbocycles. The molecule has 6 heteroatoms. The summed E-state index contributed by atoms with van der Waals surface area (Å²) in [5, 5.41) is 20.4. The Kier molecular flexibility index (Phi) is 5.00. The lowest BCUT2D eigenvalue weighted by molar-refractivity contribution is -0.385. The van der Waals surface area contributed by atoms with Gasteiger partial charge in [-0.3, -0.25) is 10.1 Å². The summed E-state index contributed by atoms with van der Waals surface area (Å²) in [5.74, 6) is 0.425. The van der Waals surface area contributed by atoms with Crippen molar-refractivity contribution in [3.8, 4) is 0 Å². The van der Waals surface area contributed by atoms with Crippen molar-refractivity contribution < 1.29 is 10.0 Å². The van der Waals surface area contributed by atoms with E-state index in [-0.39, 0.29) is 12.3 Å². The topological polar surface area (TPSA) is 63.4 Å². The van der Waals surface area contributed by atoms with Gasteiger partial charge >= 0.3 is 0 Å². The summed E-state index contributed by atoms with van der Waals surface area (Å²) in [5.41, 5.74) is 1.39. The highest BCUT2D eigenvalue weighted by Gasteiger charge is 2.16. The maximum absolute atomic E-state index is 11.0. The van der Waals surface area contributed by atoms with Gasteiger partial charge in [0.15, 0.2) is 0 Å². The Balaban J connectivity index is 2.16. The van der Waals surface area contributed by atoms with Crippen LogP contribution in [0.2, 0.25) is 5.02 Å². The number of aliphatic hydroxyl groups is 1. The molecule has 0 radical (unpaired) electrons. The molecule has 20 heavy (non-hydrogen) atoms. The Morgan fingerprint density at radius 1 is 1.20 bits per heavy atom. The first-order chi connectivity index (χ1) is 9.61. The van der Waals surface area contributed by atoms with Crippen LogP contribution in [0.25, 0.3) is 0 Å². The van der Waals surface area contributed by atoms with Gasteiger partial charge in [-0.1, -0.05) is 29.8 Å². The van der Waals surface area contributed by atoms with Gasteiger partial charge in [-0.25, -0.2) is 0 Å². The predicted molar refractivity (Wildman–Crippen MR) is 80.0 cm³/mol. The van der Waals surface area contributed by atoms with Crippen LogP contribution in [0, 0.1) is 10.1 Å². The average Bonchev–Trinajstić information content (AvgIpc) is 2.46. The smallest absolute Gasteiger partial charge is 0.274 e. The third-order valence-corrected chi connectivity index (χ3v) is 4.17. The van der Waals surface area contributed by atoms with Gasteiger partial charge in [-0.05, 0) is 23.8 Å². The van der Waals surface area contributed by atoms with Crippen molar-refractivity contribution in [2.45, 2.75) is 17.3 Å². The third kappa shape index (κ3) is 3.50. The molecule has 0 saturated heterocycles. The lowest BCUT2D eigenvalue weighted by Gasteiger charge is -2.06. The molecule has 0 heterocycles. The Hall–Kier alpha value is -1.56. The fraction of sp³-hybridized carbons (Fsp3) is 0.143. The van der Waals surface area contributed by atoms with Gasteiger partial charge in [0.2, 0.25) is 0 Å². The van der Waals surface area contributed by atoms with E-state index < -0.39 is 4.92 Å². The van der Waals surface area contributed by atoms with E-state index >= 15 is 0 Å². The van der Waals surface area contributed by atoms with Gasteiger partial charge in [0.25, 0.3) is 5.69 Å². The number of hydrogen-bond acceptors (Lipinski definition) is 4. The summed E-state index contributed by atoms with van der Waals surface area (Å²) in [6, 6.07) is 12.1. The van der Waals surface area contributed by atoms with E-state index in [0.717, 1.165) is 10.5 Å². The molecule has 4 nitrogen and oxygen atoms in total. The second-order valence-corrected chi connectivity index (χ2v) is 5.54. The number of nitrogens with zero attached hydrogens (tertiary/aromatic N) is 1. The van der Waals surface area contributed by atoms with Gasteiger partial charge in [0.1, 0.15) is 0 Å². The molecule has 104 valence electrons. The summed E-state index contributed by atoms with van der Waals surface area (Å²) in [4.78, 5) is 11.5. The molecule has 0 aliphatic rings. The SMILES string of the molecule is O=[N+]([O-])c1cccc(Cl)c1CSc1ccc(CO)cc1. The van der Waals surface area contributed by atoms with Gasteiger partial charge in [0.05, 0.1) is 22.1 Å². The van der Waals surface area contributed by atoms with Crippen LogP contribution in [0.15, 0.2) is 47.4 Å². The molecule has 2 aromatic rings. The molecule has 1 N–H and O–H groups in total. The zero-order valence-corrected chi connectivity index (χ0v) is 12.0. The standard InChI is InChI=1S/C14H12ClNO3S/c15-13-2-1-3-14(16(18)19)12(13)9-20-11-6-4-10(8-17)5-7-11/h1-7,17H,8-9H2. The van der Waals surface area contributed by atoms with Gasteiger partial charge in [-0.15, -0.1) is 11.8 Å². The fourth-order valence-electron chi connectivity index (χ4n) is 1.71. The largest absolute Gasteiger partial charge is 0.392 e. The molecule has 0 fully saturated rings.